The molecule has 0 atom stereocenters. The largest absolute Gasteiger partial charge is 0.438 e. The maximum absolute atomic E-state index is 5.81. The number of nitrogens with zero attached hydrogens (tertiary/aromatic N) is 1. The van der Waals surface area contributed by atoms with Crippen molar-refractivity contribution in [2.75, 3.05) is 0 Å². The zero-order chi connectivity index (χ0) is 13.0. The van der Waals surface area contributed by atoms with E-state index >= 15 is 0 Å². The lowest BCUT2D eigenvalue weighted by Gasteiger charge is -2.11. The highest BCUT2D eigenvalue weighted by molar-refractivity contribution is 7.80. The summed E-state index contributed by atoms with van der Waals surface area (Å²) >= 11 is 4.98. The van der Waals surface area contributed by atoms with Crippen LogP contribution < -0.4 is 10.5 Å². The van der Waals surface area contributed by atoms with Crippen molar-refractivity contribution in [1.82, 2.24) is 4.98 Å². The first kappa shape index (κ1) is 12.5. The summed E-state index contributed by atoms with van der Waals surface area (Å²) in [7, 11) is 0. The van der Waals surface area contributed by atoms with Gasteiger partial charge in [0.2, 0.25) is 5.88 Å². The van der Waals surface area contributed by atoms with Crippen LogP contribution in [0.15, 0.2) is 42.6 Å². The second kappa shape index (κ2) is 5.60. The lowest BCUT2D eigenvalue weighted by Crippen LogP contribution is -2.11. The first-order valence-corrected chi connectivity index (χ1v) is 6.13. The number of ether oxygens (including phenoxy) is 1. The topological polar surface area (TPSA) is 48.1 Å². The number of aromatic nitrogens is 1. The highest BCUT2D eigenvalue weighted by Gasteiger charge is 2.10. The highest BCUT2D eigenvalue weighted by Crippen LogP contribution is 2.26. The van der Waals surface area contributed by atoms with E-state index in [0.717, 1.165) is 17.7 Å². The molecule has 1 aromatic carbocycles. The SMILES string of the molecule is CCc1ccccc1Oc1ncccc1C(N)=S. The molecule has 0 saturated carbocycles. The Labute approximate surface area is 112 Å². The Morgan fingerprint density at radius 2 is 2.06 bits per heavy atom. The average molecular weight is 258 g/mol. The molecular weight excluding hydrogens is 244 g/mol. The van der Waals surface area contributed by atoms with E-state index in [0.29, 0.717) is 11.4 Å². The normalized spacial score (nSPS) is 10.1. The highest BCUT2D eigenvalue weighted by atomic mass is 32.1. The van der Waals surface area contributed by atoms with Crippen LogP contribution >= 0.6 is 12.2 Å². The molecule has 0 bridgehead atoms. The maximum Gasteiger partial charge on any atom is 0.229 e. The number of thiocarbonyl (C=S) groups is 1. The van der Waals surface area contributed by atoms with Gasteiger partial charge in [0.05, 0.1) is 5.56 Å². The molecule has 0 saturated heterocycles. The second-order valence-electron chi connectivity index (χ2n) is 3.78. The summed E-state index contributed by atoms with van der Waals surface area (Å²) in [6, 6.07) is 11.4. The third-order valence-electron chi connectivity index (χ3n) is 2.60. The van der Waals surface area contributed by atoms with E-state index in [9.17, 15) is 0 Å². The molecule has 0 amide bonds. The third-order valence-corrected chi connectivity index (χ3v) is 2.82. The molecule has 92 valence electrons. The van der Waals surface area contributed by atoms with Crippen LogP contribution in [0.1, 0.15) is 18.1 Å². The third kappa shape index (κ3) is 2.65. The Kier molecular flexibility index (Phi) is 3.89. The summed E-state index contributed by atoms with van der Waals surface area (Å²) in [5, 5.41) is 0. The second-order valence-corrected chi connectivity index (χ2v) is 4.22. The first-order valence-electron chi connectivity index (χ1n) is 5.73. The Bertz CT molecular complexity index is 569. The van der Waals surface area contributed by atoms with Crippen molar-refractivity contribution in [3.8, 4) is 11.6 Å². The zero-order valence-electron chi connectivity index (χ0n) is 10.1. The summed E-state index contributed by atoms with van der Waals surface area (Å²) in [6.45, 7) is 2.08. The predicted octanol–water partition coefficient (Wildman–Crippen LogP) is 3.07. The van der Waals surface area contributed by atoms with Crippen LogP contribution in [0.4, 0.5) is 0 Å². The molecule has 18 heavy (non-hydrogen) atoms. The maximum atomic E-state index is 5.81. The van der Waals surface area contributed by atoms with Crippen LogP contribution in [0.3, 0.4) is 0 Å². The van der Waals surface area contributed by atoms with Crippen LogP contribution in [0.2, 0.25) is 0 Å². The monoisotopic (exact) mass is 258 g/mol. The fraction of sp³-hybridized carbons (Fsp3) is 0.143. The molecule has 0 radical (unpaired) electrons. The molecule has 2 N–H and O–H groups in total. The molecule has 2 aromatic rings. The number of benzene rings is 1. The molecule has 1 heterocycles. The van der Waals surface area contributed by atoms with Gasteiger partial charge in [0.25, 0.3) is 0 Å². The van der Waals surface area contributed by atoms with E-state index in [4.69, 9.17) is 22.7 Å². The summed E-state index contributed by atoms with van der Waals surface area (Å²) in [5.41, 5.74) is 7.42. The van der Waals surface area contributed by atoms with Crippen molar-refractivity contribution in [2.24, 2.45) is 5.73 Å². The van der Waals surface area contributed by atoms with Gasteiger partial charge in [-0.1, -0.05) is 37.3 Å². The summed E-state index contributed by atoms with van der Waals surface area (Å²) in [6.07, 6.45) is 2.55. The number of pyridine rings is 1. The summed E-state index contributed by atoms with van der Waals surface area (Å²) < 4.78 is 5.81. The predicted molar refractivity (Wildman–Crippen MR) is 76.0 cm³/mol. The van der Waals surface area contributed by atoms with Crippen molar-refractivity contribution in [3.05, 3.63) is 53.7 Å². The molecule has 0 aliphatic heterocycles. The summed E-state index contributed by atoms with van der Waals surface area (Å²) in [4.78, 5) is 4.47. The Balaban J connectivity index is 2.37. The summed E-state index contributed by atoms with van der Waals surface area (Å²) in [5.74, 6) is 1.24. The molecule has 2 rings (SSSR count). The van der Waals surface area contributed by atoms with Crippen LogP contribution in [0.5, 0.6) is 11.6 Å². The molecule has 0 spiro atoms. The number of rotatable bonds is 4. The molecule has 3 nitrogen and oxygen atoms in total. The van der Waals surface area contributed by atoms with Crippen molar-refractivity contribution >= 4 is 17.2 Å². The van der Waals surface area contributed by atoms with Gasteiger partial charge in [-0.3, -0.25) is 0 Å². The molecule has 0 aliphatic carbocycles. The van der Waals surface area contributed by atoms with Crippen molar-refractivity contribution < 1.29 is 4.74 Å². The van der Waals surface area contributed by atoms with Crippen LogP contribution in [-0.2, 0) is 6.42 Å². The Morgan fingerprint density at radius 3 is 2.78 bits per heavy atom. The van der Waals surface area contributed by atoms with Gasteiger partial charge >= 0.3 is 0 Å². The van der Waals surface area contributed by atoms with E-state index in [1.165, 1.54) is 0 Å². The molecule has 0 unspecified atom stereocenters. The zero-order valence-corrected chi connectivity index (χ0v) is 10.9. The van der Waals surface area contributed by atoms with Crippen LogP contribution in [-0.4, -0.2) is 9.97 Å². The number of hydrogen-bond acceptors (Lipinski definition) is 3. The molecular formula is C14H14N2OS. The quantitative estimate of drug-likeness (QED) is 0.856. The Morgan fingerprint density at radius 1 is 1.28 bits per heavy atom. The Hall–Kier alpha value is -1.94. The van der Waals surface area contributed by atoms with Gasteiger partial charge in [-0.2, -0.15) is 0 Å². The number of aryl methyl sites for hydroxylation is 1. The minimum absolute atomic E-state index is 0.284. The van der Waals surface area contributed by atoms with E-state index < -0.39 is 0 Å². The molecule has 4 heteroatoms. The lowest BCUT2D eigenvalue weighted by molar-refractivity contribution is 0.456. The fourth-order valence-corrected chi connectivity index (χ4v) is 1.81. The standard InChI is InChI=1S/C14H14N2OS/c1-2-10-6-3-4-8-12(10)17-14-11(13(15)18)7-5-9-16-14/h3-9H,2H2,1H3,(H2,15,18). The van der Waals surface area contributed by atoms with E-state index in [1.54, 1.807) is 18.3 Å². The first-order chi connectivity index (χ1) is 8.72. The van der Waals surface area contributed by atoms with Gasteiger partial charge in [-0.15, -0.1) is 0 Å². The van der Waals surface area contributed by atoms with Crippen LogP contribution in [0.25, 0.3) is 0 Å². The van der Waals surface area contributed by atoms with Crippen molar-refractivity contribution in [1.29, 1.82) is 0 Å². The van der Waals surface area contributed by atoms with Crippen molar-refractivity contribution in [2.45, 2.75) is 13.3 Å². The lowest BCUT2D eigenvalue weighted by atomic mass is 10.1. The molecule has 0 fully saturated rings. The smallest absolute Gasteiger partial charge is 0.229 e. The van der Waals surface area contributed by atoms with Gasteiger partial charge in [-0.25, -0.2) is 4.98 Å². The number of para-hydroxylation sites is 1. The molecule has 0 aliphatic rings. The molecule has 1 aromatic heterocycles. The number of nitrogens with two attached hydrogens (primary N) is 1. The van der Waals surface area contributed by atoms with Gasteiger partial charge in [-0.05, 0) is 30.2 Å². The van der Waals surface area contributed by atoms with Crippen molar-refractivity contribution in [3.63, 3.8) is 0 Å². The van der Waals surface area contributed by atoms with E-state index in [2.05, 4.69) is 11.9 Å². The van der Waals surface area contributed by atoms with Crippen LogP contribution in [0, 0.1) is 0 Å². The number of hydrogen-bond donors (Lipinski definition) is 1. The van der Waals surface area contributed by atoms with Gasteiger partial charge in [0, 0.05) is 6.20 Å². The van der Waals surface area contributed by atoms with E-state index in [-0.39, 0.29) is 4.99 Å². The van der Waals surface area contributed by atoms with Gasteiger partial charge < -0.3 is 10.5 Å². The average Bonchev–Trinajstić information content (AvgIpc) is 2.40. The minimum Gasteiger partial charge on any atom is -0.438 e. The van der Waals surface area contributed by atoms with Gasteiger partial charge in [0.15, 0.2) is 0 Å². The minimum atomic E-state index is 0.284. The van der Waals surface area contributed by atoms with E-state index in [1.807, 2.05) is 24.3 Å². The fourth-order valence-electron chi connectivity index (χ4n) is 1.66. The van der Waals surface area contributed by atoms with Gasteiger partial charge in [0.1, 0.15) is 10.7 Å².